The van der Waals surface area contributed by atoms with Gasteiger partial charge < -0.3 is 0 Å². The summed E-state index contributed by atoms with van der Waals surface area (Å²) in [4.78, 5) is 1.27. The van der Waals surface area contributed by atoms with E-state index < -0.39 is 0 Å². The molecule has 0 amide bonds. The average Bonchev–Trinajstić information content (AvgIpc) is 2.13. The zero-order chi connectivity index (χ0) is 7.56. The first-order valence-corrected chi connectivity index (χ1v) is 5.23. The molecule has 1 rings (SSSR count). The number of halogens is 2. The molecule has 0 nitrogen and oxygen atoms in total. The van der Waals surface area contributed by atoms with Crippen molar-refractivity contribution in [1.82, 2.24) is 0 Å². The molecule has 0 aromatic carbocycles. The summed E-state index contributed by atoms with van der Waals surface area (Å²) in [5.41, 5.74) is 1.32. The topological polar surface area (TPSA) is 0 Å². The molecule has 1 aromatic heterocycles. The molecule has 1 heterocycles. The molecule has 0 unspecified atom stereocenters. The molecule has 0 aliphatic rings. The molecule has 0 atom stereocenters. The molecular weight excluding hydrogens is 276 g/mol. The Morgan fingerprint density at radius 1 is 1.60 bits per heavy atom. The zero-order valence-electron chi connectivity index (χ0n) is 5.40. The normalized spacial score (nSPS) is 9.50. The van der Waals surface area contributed by atoms with Crippen LogP contribution in [-0.2, 0) is 0 Å². The molecular formula is C7H6Br2S. The largest absolute Gasteiger partial charge is 0.144 e. The standard InChI is InChI=1S/C7H6Br2S/c1-5-2-6(10-4-5)3-7(8)9/h2-4H,1H3. The average molecular weight is 282 g/mol. The minimum Gasteiger partial charge on any atom is -0.144 e. The van der Waals surface area contributed by atoms with Gasteiger partial charge in [-0.2, -0.15) is 0 Å². The van der Waals surface area contributed by atoms with Gasteiger partial charge in [0.25, 0.3) is 0 Å². The van der Waals surface area contributed by atoms with Gasteiger partial charge in [-0.3, -0.25) is 0 Å². The smallest absolute Gasteiger partial charge is 0.0618 e. The Labute approximate surface area is 81.2 Å². The van der Waals surface area contributed by atoms with E-state index >= 15 is 0 Å². The van der Waals surface area contributed by atoms with E-state index in [1.807, 2.05) is 6.08 Å². The maximum Gasteiger partial charge on any atom is 0.0618 e. The zero-order valence-corrected chi connectivity index (χ0v) is 9.38. The van der Waals surface area contributed by atoms with Crippen molar-refractivity contribution in [3.63, 3.8) is 0 Å². The lowest BCUT2D eigenvalue weighted by molar-refractivity contribution is 1.55. The fourth-order valence-electron chi connectivity index (χ4n) is 0.637. The van der Waals surface area contributed by atoms with E-state index in [2.05, 4.69) is 50.2 Å². The maximum absolute atomic E-state index is 3.30. The Balaban J connectivity index is 2.86. The molecule has 1 aromatic rings. The summed E-state index contributed by atoms with van der Waals surface area (Å²) >= 11 is 8.35. The Hall–Kier alpha value is 0.400. The molecule has 10 heavy (non-hydrogen) atoms. The summed E-state index contributed by atoms with van der Waals surface area (Å²) in [6.45, 7) is 2.09. The fourth-order valence-corrected chi connectivity index (χ4v) is 2.26. The first kappa shape index (κ1) is 8.50. The fraction of sp³-hybridized carbons (Fsp3) is 0.143. The molecule has 0 N–H and O–H groups in total. The van der Waals surface area contributed by atoms with Crippen LogP contribution in [0.1, 0.15) is 10.4 Å². The summed E-state index contributed by atoms with van der Waals surface area (Å²) in [6.07, 6.45) is 2.04. The first-order chi connectivity index (χ1) is 4.68. The van der Waals surface area contributed by atoms with Crippen molar-refractivity contribution in [1.29, 1.82) is 0 Å². The SMILES string of the molecule is Cc1csc(C=C(Br)Br)c1. The van der Waals surface area contributed by atoms with Crippen LogP contribution in [-0.4, -0.2) is 0 Å². The number of hydrogen-bond acceptors (Lipinski definition) is 1. The molecule has 0 aliphatic carbocycles. The molecule has 0 saturated heterocycles. The molecule has 0 spiro atoms. The van der Waals surface area contributed by atoms with Gasteiger partial charge in [-0.05, 0) is 61.9 Å². The van der Waals surface area contributed by atoms with Crippen LogP contribution in [0.5, 0.6) is 0 Å². The van der Waals surface area contributed by atoms with E-state index in [0.29, 0.717) is 0 Å². The third kappa shape index (κ3) is 2.56. The predicted octanol–water partition coefficient (Wildman–Crippen LogP) is 4.14. The van der Waals surface area contributed by atoms with Crippen LogP contribution in [0.25, 0.3) is 6.08 Å². The second-order valence-electron chi connectivity index (χ2n) is 1.96. The summed E-state index contributed by atoms with van der Waals surface area (Å²) in [7, 11) is 0. The highest BCUT2D eigenvalue weighted by Gasteiger charge is 1.91. The molecule has 0 fully saturated rings. The lowest BCUT2D eigenvalue weighted by Gasteiger charge is -1.81. The van der Waals surface area contributed by atoms with Gasteiger partial charge in [0.2, 0.25) is 0 Å². The van der Waals surface area contributed by atoms with E-state index in [0.717, 1.165) is 3.39 Å². The second-order valence-corrected chi connectivity index (χ2v) is 5.68. The van der Waals surface area contributed by atoms with E-state index in [9.17, 15) is 0 Å². The van der Waals surface area contributed by atoms with Crippen LogP contribution < -0.4 is 0 Å². The highest BCUT2D eigenvalue weighted by molar-refractivity contribution is 9.28. The Morgan fingerprint density at radius 3 is 2.70 bits per heavy atom. The molecule has 54 valence electrons. The van der Waals surface area contributed by atoms with Crippen LogP contribution in [0.2, 0.25) is 0 Å². The monoisotopic (exact) mass is 280 g/mol. The van der Waals surface area contributed by atoms with Crippen LogP contribution in [0, 0.1) is 6.92 Å². The van der Waals surface area contributed by atoms with Crippen molar-refractivity contribution >= 4 is 49.3 Å². The summed E-state index contributed by atoms with van der Waals surface area (Å²) in [5, 5.41) is 2.13. The summed E-state index contributed by atoms with van der Waals surface area (Å²) in [6, 6.07) is 2.15. The van der Waals surface area contributed by atoms with Gasteiger partial charge in [-0.15, -0.1) is 11.3 Å². The van der Waals surface area contributed by atoms with Crippen molar-refractivity contribution in [2.75, 3.05) is 0 Å². The van der Waals surface area contributed by atoms with Crippen LogP contribution >= 0.6 is 43.2 Å². The van der Waals surface area contributed by atoms with Gasteiger partial charge in [-0.25, -0.2) is 0 Å². The van der Waals surface area contributed by atoms with Gasteiger partial charge >= 0.3 is 0 Å². The number of aryl methyl sites for hydroxylation is 1. The van der Waals surface area contributed by atoms with Crippen molar-refractivity contribution in [3.8, 4) is 0 Å². The van der Waals surface area contributed by atoms with Gasteiger partial charge in [0, 0.05) is 4.88 Å². The molecule has 0 aliphatic heterocycles. The first-order valence-electron chi connectivity index (χ1n) is 2.76. The number of hydrogen-bond donors (Lipinski definition) is 0. The predicted molar refractivity (Wildman–Crippen MR) is 54.9 cm³/mol. The van der Waals surface area contributed by atoms with Crippen molar-refractivity contribution in [2.45, 2.75) is 6.92 Å². The Morgan fingerprint density at radius 2 is 2.30 bits per heavy atom. The molecule has 3 heteroatoms. The Kier molecular flexibility index (Phi) is 3.14. The third-order valence-electron chi connectivity index (χ3n) is 1.00. The minimum absolute atomic E-state index is 0.988. The van der Waals surface area contributed by atoms with Crippen LogP contribution in [0.4, 0.5) is 0 Å². The highest BCUT2D eigenvalue weighted by Crippen LogP contribution is 2.22. The molecule has 0 bridgehead atoms. The van der Waals surface area contributed by atoms with Gasteiger partial charge in [0.05, 0.1) is 3.39 Å². The quantitative estimate of drug-likeness (QED) is 0.726. The number of rotatable bonds is 1. The Bertz CT molecular complexity index is 246. The number of thiophene rings is 1. The summed E-state index contributed by atoms with van der Waals surface area (Å²) in [5.74, 6) is 0. The molecule has 0 saturated carbocycles. The van der Waals surface area contributed by atoms with E-state index in [4.69, 9.17) is 0 Å². The van der Waals surface area contributed by atoms with E-state index in [-0.39, 0.29) is 0 Å². The minimum atomic E-state index is 0.988. The lowest BCUT2D eigenvalue weighted by atomic mass is 10.3. The van der Waals surface area contributed by atoms with E-state index in [1.54, 1.807) is 11.3 Å². The van der Waals surface area contributed by atoms with E-state index in [1.165, 1.54) is 10.4 Å². The highest BCUT2D eigenvalue weighted by atomic mass is 79.9. The van der Waals surface area contributed by atoms with Crippen LogP contribution in [0.3, 0.4) is 0 Å². The van der Waals surface area contributed by atoms with Crippen molar-refractivity contribution < 1.29 is 0 Å². The van der Waals surface area contributed by atoms with Gasteiger partial charge in [-0.1, -0.05) is 0 Å². The van der Waals surface area contributed by atoms with Gasteiger partial charge in [0.1, 0.15) is 0 Å². The van der Waals surface area contributed by atoms with Crippen LogP contribution in [0.15, 0.2) is 14.8 Å². The molecule has 0 radical (unpaired) electrons. The second kappa shape index (κ2) is 3.69. The van der Waals surface area contributed by atoms with Crippen molar-refractivity contribution in [2.24, 2.45) is 0 Å². The third-order valence-corrected chi connectivity index (χ3v) is 2.46. The lowest BCUT2D eigenvalue weighted by Crippen LogP contribution is -1.57. The summed E-state index contributed by atoms with van der Waals surface area (Å²) < 4.78 is 0.988. The maximum atomic E-state index is 3.30. The van der Waals surface area contributed by atoms with Gasteiger partial charge in [0.15, 0.2) is 0 Å². The van der Waals surface area contributed by atoms with Crippen molar-refractivity contribution in [3.05, 3.63) is 25.3 Å².